The van der Waals surface area contributed by atoms with E-state index >= 15 is 0 Å². The van der Waals surface area contributed by atoms with Gasteiger partial charge in [0.1, 0.15) is 0 Å². The molecule has 3 rings (SSSR count). The fourth-order valence-corrected chi connectivity index (χ4v) is 3.49. The molecule has 120 valence electrons. The topological polar surface area (TPSA) is 41.6 Å². The third kappa shape index (κ3) is 3.80. The van der Waals surface area contributed by atoms with Crippen molar-refractivity contribution < 1.29 is 9.53 Å². The lowest BCUT2D eigenvalue weighted by Gasteiger charge is -2.37. The van der Waals surface area contributed by atoms with Crippen LogP contribution in [0.1, 0.15) is 37.3 Å². The second kappa shape index (κ2) is 7.44. The lowest BCUT2D eigenvalue weighted by Crippen LogP contribution is -2.49. The van der Waals surface area contributed by atoms with Gasteiger partial charge in [0.2, 0.25) is 5.91 Å². The maximum atomic E-state index is 12.7. The molecule has 5 heteroatoms. The van der Waals surface area contributed by atoms with E-state index < -0.39 is 0 Å². The Labute approximate surface area is 136 Å². The fourth-order valence-electron chi connectivity index (χ4n) is 3.29. The van der Waals surface area contributed by atoms with Gasteiger partial charge in [-0.15, -0.1) is 0 Å². The normalized spacial score (nSPS) is 26.0. The Morgan fingerprint density at radius 2 is 2.32 bits per heavy atom. The zero-order valence-electron chi connectivity index (χ0n) is 12.8. The van der Waals surface area contributed by atoms with Crippen molar-refractivity contribution in [2.24, 2.45) is 0 Å². The first-order valence-corrected chi connectivity index (χ1v) is 8.49. The molecule has 2 aliphatic rings. The first-order valence-electron chi connectivity index (χ1n) is 8.11. The van der Waals surface area contributed by atoms with Crippen molar-refractivity contribution in [2.45, 2.75) is 37.8 Å². The Balaban J connectivity index is 1.70. The molecule has 2 aliphatic heterocycles. The fraction of sp³-hybridized carbons (Fsp3) is 0.588. The zero-order chi connectivity index (χ0) is 15.4. The van der Waals surface area contributed by atoms with Crippen molar-refractivity contribution in [1.82, 2.24) is 10.2 Å². The van der Waals surface area contributed by atoms with Crippen LogP contribution in [0.2, 0.25) is 5.02 Å². The number of halogens is 1. The van der Waals surface area contributed by atoms with Crippen molar-refractivity contribution in [3.05, 3.63) is 34.9 Å². The Hall–Kier alpha value is -1.10. The van der Waals surface area contributed by atoms with E-state index in [-0.39, 0.29) is 18.1 Å². The first-order chi connectivity index (χ1) is 10.7. The van der Waals surface area contributed by atoms with Gasteiger partial charge in [-0.1, -0.05) is 23.7 Å². The molecule has 0 bridgehead atoms. The molecule has 2 fully saturated rings. The number of rotatable bonds is 3. The molecule has 1 amide bonds. The summed E-state index contributed by atoms with van der Waals surface area (Å²) in [7, 11) is 0. The Morgan fingerprint density at radius 3 is 3.09 bits per heavy atom. The van der Waals surface area contributed by atoms with Gasteiger partial charge in [0.25, 0.3) is 0 Å². The maximum absolute atomic E-state index is 12.7. The van der Waals surface area contributed by atoms with Crippen LogP contribution in [0.15, 0.2) is 24.3 Å². The Morgan fingerprint density at radius 1 is 1.41 bits per heavy atom. The number of carbonyl (C=O) groups is 1. The molecular weight excluding hydrogens is 300 g/mol. The second-order valence-corrected chi connectivity index (χ2v) is 6.49. The minimum Gasteiger partial charge on any atom is -0.378 e. The van der Waals surface area contributed by atoms with Crippen LogP contribution in [-0.2, 0) is 9.53 Å². The summed E-state index contributed by atoms with van der Waals surface area (Å²) >= 11 is 6.10. The second-order valence-electron chi connectivity index (χ2n) is 6.05. The molecule has 22 heavy (non-hydrogen) atoms. The highest BCUT2D eigenvalue weighted by Crippen LogP contribution is 2.26. The van der Waals surface area contributed by atoms with E-state index in [4.69, 9.17) is 16.3 Å². The van der Waals surface area contributed by atoms with Gasteiger partial charge in [0, 0.05) is 31.3 Å². The predicted octanol–water partition coefficient (Wildman–Crippen LogP) is 2.77. The number of nitrogens with zero attached hydrogens (tertiary/aromatic N) is 1. The van der Waals surface area contributed by atoms with Crippen LogP contribution < -0.4 is 5.32 Å². The van der Waals surface area contributed by atoms with Crippen LogP contribution in [0.5, 0.6) is 0 Å². The summed E-state index contributed by atoms with van der Waals surface area (Å²) in [4.78, 5) is 14.7. The summed E-state index contributed by atoms with van der Waals surface area (Å²) in [6, 6.07) is 7.86. The van der Waals surface area contributed by atoms with E-state index in [1.807, 2.05) is 29.2 Å². The van der Waals surface area contributed by atoms with Crippen LogP contribution in [0, 0.1) is 0 Å². The van der Waals surface area contributed by atoms with Gasteiger partial charge in [-0.05, 0) is 37.0 Å². The highest BCUT2D eigenvalue weighted by atomic mass is 35.5. The van der Waals surface area contributed by atoms with Crippen molar-refractivity contribution in [3.8, 4) is 0 Å². The first kappa shape index (κ1) is 15.8. The number of hydrogen-bond acceptors (Lipinski definition) is 3. The lowest BCUT2D eigenvalue weighted by atomic mass is 10.0. The summed E-state index contributed by atoms with van der Waals surface area (Å²) in [5, 5.41) is 4.09. The lowest BCUT2D eigenvalue weighted by molar-refractivity contribution is -0.138. The molecule has 0 radical (unpaired) electrons. The van der Waals surface area contributed by atoms with Gasteiger partial charge in [0.05, 0.1) is 18.6 Å². The molecule has 0 spiro atoms. The van der Waals surface area contributed by atoms with Crippen LogP contribution in [0.4, 0.5) is 0 Å². The van der Waals surface area contributed by atoms with Gasteiger partial charge in [0.15, 0.2) is 0 Å². The molecule has 2 atom stereocenters. The molecule has 4 nitrogen and oxygen atoms in total. The molecule has 0 aromatic heterocycles. The quantitative estimate of drug-likeness (QED) is 0.930. The Kier molecular flexibility index (Phi) is 5.34. The third-order valence-electron chi connectivity index (χ3n) is 4.47. The highest BCUT2D eigenvalue weighted by molar-refractivity contribution is 6.30. The zero-order valence-corrected chi connectivity index (χ0v) is 13.5. The van der Waals surface area contributed by atoms with Crippen LogP contribution >= 0.6 is 11.6 Å². The van der Waals surface area contributed by atoms with Gasteiger partial charge in [-0.2, -0.15) is 0 Å². The molecule has 1 aromatic rings. The van der Waals surface area contributed by atoms with Crippen molar-refractivity contribution in [2.75, 3.05) is 26.2 Å². The summed E-state index contributed by atoms with van der Waals surface area (Å²) < 4.78 is 5.72. The summed E-state index contributed by atoms with van der Waals surface area (Å²) in [5.41, 5.74) is 1.10. The molecular formula is C17H23ClN2O2. The number of amides is 1. The molecule has 1 aromatic carbocycles. The van der Waals surface area contributed by atoms with E-state index in [0.29, 0.717) is 11.4 Å². The van der Waals surface area contributed by atoms with E-state index in [1.165, 1.54) is 0 Å². The number of carbonyl (C=O) groups excluding carboxylic acids is 1. The van der Waals surface area contributed by atoms with Gasteiger partial charge in [-0.25, -0.2) is 0 Å². The molecule has 2 unspecified atom stereocenters. The summed E-state index contributed by atoms with van der Waals surface area (Å²) in [6.07, 6.45) is 3.87. The van der Waals surface area contributed by atoms with E-state index in [1.54, 1.807) is 0 Å². The number of ether oxygens (including phenoxy) is 1. The molecule has 1 N–H and O–H groups in total. The number of nitrogens with one attached hydrogen (secondary N) is 1. The van der Waals surface area contributed by atoms with Crippen LogP contribution in [-0.4, -0.2) is 43.2 Å². The summed E-state index contributed by atoms with van der Waals surface area (Å²) in [5.74, 6) is 0.193. The molecule has 0 saturated carbocycles. The molecule has 2 saturated heterocycles. The van der Waals surface area contributed by atoms with E-state index in [9.17, 15) is 4.79 Å². The highest BCUT2D eigenvalue weighted by Gasteiger charge is 2.30. The SMILES string of the molecule is O=C(CC1CCCCO1)N1CCNCC1c1cccc(Cl)c1. The van der Waals surface area contributed by atoms with Crippen LogP contribution in [0.25, 0.3) is 0 Å². The number of piperazine rings is 1. The minimum absolute atomic E-state index is 0.0588. The van der Waals surface area contributed by atoms with E-state index in [2.05, 4.69) is 5.32 Å². The largest absolute Gasteiger partial charge is 0.378 e. The maximum Gasteiger partial charge on any atom is 0.225 e. The smallest absolute Gasteiger partial charge is 0.225 e. The van der Waals surface area contributed by atoms with Crippen molar-refractivity contribution in [3.63, 3.8) is 0 Å². The minimum atomic E-state index is 0.0588. The van der Waals surface area contributed by atoms with E-state index in [0.717, 1.165) is 51.1 Å². The summed E-state index contributed by atoms with van der Waals surface area (Å²) in [6.45, 7) is 3.14. The average Bonchev–Trinajstić information content (AvgIpc) is 2.56. The standard InChI is InChI=1S/C17H23ClN2O2/c18-14-5-3-4-13(10-14)16-12-19-7-8-20(16)17(21)11-15-6-1-2-9-22-15/h3-5,10,15-16,19H,1-2,6-9,11-12H2. The van der Waals surface area contributed by atoms with Gasteiger partial charge < -0.3 is 15.0 Å². The molecule has 2 heterocycles. The number of benzene rings is 1. The Bertz CT molecular complexity index is 517. The molecule has 0 aliphatic carbocycles. The third-order valence-corrected chi connectivity index (χ3v) is 4.71. The van der Waals surface area contributed by atoms with Crippen LogP contribution in [0.3, 0.4) is 0 Å². The number of hydrogen-bond donors (Lipinski definition) is 1. The van der Waals surface area contributed by atoms with Gasteiger partial charge in [-0.3, -0.25) is 4.79 Å². The van der Waals surface area contributed by atoms with Crippen molar-refractivity contribution in [1.29, 1.82) is 0 Å². The van der Waals surface area contributed by atoms with Crippen molar-refractivity contribution >= 4 is 17.5 Å². The van der Waals surface area contributed by atoms with Gasteiger partial charge >= 0.3 is 0 Å². The predicted molar refractivity (Wildman–Crippen MR) is 87.0 cm³/mol. The average molecular weight is 323 g/mol. The monoisotopic (exact) mass is 322 g/mol.